The van der Waals surface area contributed by atoms with Gasteiger partial charge in [0.2, 0.25) is 0 Å². The van der Waals surface area contributed by atoms with E-state index < -0.39 is 10.9 Å². The molecule has 0 saturated heterocycles. The molecule has 130 valence electrons. The Bertz CT molecular complexity index is 794. The van der Waals surface area contributed by atoms with Crippen LogP contribution in [0.25, 0.3) is 0 Å². The van der Waals surface area contributed by atoms with Crippen LogP contribution in [-0.2, 0) is 9.53 Å². The number of hydrazone groups is 1. The topological polar surface area (TPSA) is 93.8 Å². The number of carbonyl (C=O) groups excluding carboxylic acids is 1. The molecule has 0 atom stereocenters. The highest BCUT2D eigenvalue weighted by Crippen LogP contribution is 2.28. The van der Waals surface area contributed by atoms with Crippen LogP contribution >= 0.6 is 15.9 Å². The maximum Gasteiger partial charge on any atom is 0.311 e. The average molecular weight is 406 g/mol. The van der Waals surface area contributed by atoms with E-state index in [1.54, 1.807) is 31.2 Å². The molecular weight excluding hydrogens is 390 g/mol. The summed E-state index contributed by atoms with van der Waals surface area (Å²) >= 11 is 3.27. The van der Waals surface area contributed by atoms with Crippen molar-refractivity contribution in [2.75, 3.05) is 12.0 Å². The van der Waals surface area contributed by atoms with Crippen molar-refractivity contribution in [1.29, 1.82) is 0 Å². The number of benzene rings is 2. The number of esters is 1. The number of carbonyl (C=O) groups is 1. The zero-order valence-electron chi connectivity index (χ0n) is 13.4. The minimum atomic E-state index is -0.502. The second kappa shape index (κ2) is 8.93. The molecule has 0 aromatic heterocycles. The molecule has 0 unspecified atom stereocenters. The number of nitro benzene ring substituents is 1. The Kier molecular flexibility index (Phi) is 6.64. The lowest BCUT2D eigenvalue weighted by Crippen LogP contribution is -2.14. The summed E-state index contributed by atoms with van der Waals surface area (Å²) in [4.78, 5) is 22.5. The van der Waals surface area contributed by atoms with Crippen LogP contribution in [0.2, 0.25) is 0 Å². The average Bonchev–Trinajstić information content (AvgIpc) is 2.59. The predicted molar refractivity (Wildman–Crippen MR) is 98.6 cm³/mol. The van der Waals surface area contributed by atoms with E-state index in [9.17, 15) is 14.9 Å². The molecule has 0 amide bonds. The van der Waals surface area contributed by atoms with Crippen LogP contribution < -0.4 is 5.43 Å². The van der Waals surface area contributed by atoms with Gasteiger partial charge in [0.05, 0.1) is 23.7 Å². The molecule has 0 saturated carbocycles. The summed E-state index contributed by atoms with van der Waals surface area (Å²) in [5.74, 6) is -0.421. The van der Waals surface area contributed by atoms with Gasteiger partial charge in [0.25, 0.3) is 5.69 Å². The zero-order valence-corrected chi connectivity index (χ0v) is 15.0. The number of nitrogens with one attached hydrogen (secondary N) is 1. The fourth-order valence-electron chi connectivity index (χ4n) is 2.07. The standard InChI is InChI=1S/C17H16BrN3O4/c1-2-25-17(22)11-14(12-6-4-3-5-7-12)19-20-15-10-13(18)8-9-16(15)21(23)24/h3-10,20H,2,11H2,1H3/b19-14+. The summed E-state index contributed by atoms with van der Waals surface area (Å²) in [6, 6.07) is 13.6. The molecule has 2 aromatic carbocycles. The van der Waals surface area contributed by atoms with Crippen molar-refractivity contribution in [2.24, 2.45) is 5.10 Å². The molecule has 0 bridgehead atoms. The zero-order chi connectivity index (χ0) is 18.2. The number of anilines is 1. The van der Waals surface area contributed by atoms with Gasteiger partial charge in [0, 0.05) is 10.5 Å². The van der Waals surface area contributed by atoms with Gasteiger partial charge in [-0.05, 0) is 24.6 Å². The minimum absolute atomic E-state index is 0.0490. The summed E-state index contributed by atoms with van der Waals surface area (Å²) in [7, 11) is 0. The van der Waals surface area contributed by atoms with E-state index in [1.807, 2.05) is 18.2 Å². The fraction of sp³-hybridized carbons (Fsp3) is 0.176. The molecule has 25 heavy (non-hydrogen) atoms. The number of ether oxygens (including phenoxy) is 1. The monoisotopic (exact) mass is 405 g/mol. The number of halogens is 1. The normalized spacial score (nSPS) is 11.0. The molecule has 2 aromatic rings. The van der Waals surface area contributed by atoms with Gasteiger partial charge in [-0.25, -0.2) is 0 Å². The summed E-state index contributed by atoms with van der Waals surface area (Å²) < 4.78 is 5.63. The van der Waals surface area contributed by atoms with Crippen molar-refractivity contribution >= 4 is 39.0 Å². The number of nitro groups is 1. The molecule has 0 heterocycles. The van der Waals surface area contributed by atoms with Crippen LogP contribution in [0.5, 0.6) is 0 Å². The van der Waals surface area contributed by atoms with Crippen LogP contribution in [0, 0.1) is 10.1 Å². The first kappa shape index (κ1) is 18.6. The quantitative estimate of drug-likeness (QED) is 0.323. The molecule has 0 aliphatic carbocycles. The largest absolute Gasteiger partial charge is 0.466 e. The van der Waals surface area contributed by atoms with Gasteiger partial charge < -0.3 is 4.74 Å². The lowest BCUT2D eigenvalue weighted by molar-refractivity contribution is -0.384. The minimum Gasteiger partial charge on any atom is -0.466 e. The maximum atomic E-state index is 11.8. The molecule has 0 radical (unpaired) electrons. The SMILES string of the molecule is CCOC(=O)C/C(=N\Nc1cc(Br)ccc1[N+](=O)[O-])c1ccccc1. The first-order valence-electron chi connectivity index (χ1n) is 7.48. The van der Waals surface area contributed by atoms with Crippen LogP contribution in [0.3, 0.4) is 0 Å². The van der Waals surface area contributed by atoms with E-state index in [0.29, 0.717) is 10.2 Å². The van der Waals surface area contributed by atoms with Crippen molar-refractivity contribution in [3.63, 3.8) is 0 Å². The second-order valence-electron chi connectivity index (χ2n) is 4.94. The van der Waals surface area contributed by atoms with Crippen molar-refractivity contribution in [3.05, 3.63) is 68.7 Å². The van der Waals surface area contributed by atoms with Crippen molar-refractivity contribution in [1.82, 2.24) is 0 Å². The van der Waals surface area contributed by atoms with E-state index in [0.717, 1.165) is 5.56 Å². The fourth-order valence-corrected chi connectivity index (χ4v) is 2.43. The third kappa shape index (κ3) is 5.39. The Morgan fingerprint density at radius 1 is 1.28 bits per heavy atom. The lowest BCUT2D eigenvalue weighted by Gasteiger charge is -2.08. The Morgan fingerprint density at radius 3 is 2.64 bits per heavy atom. The Morgan fingerprint density at radius 2 is 2.00 bits per heavy atom. The molecule has 0 spiro atoms. The smallest absolute Gasteiger partial charge is 0.311 e. The maximum absolute atomic E-state index is 11.8. The van der Waals surface area contributed by atoms with E-state index in [4.69, 9.17) is 4.74 Å². The predicted octanol–water partition coefficient (Wildman–Crippen LogP) is 4.13. The highest BCUT2D eigenvalue weighted by Gasteiger charge is 2.15. The molecule has 1 N–H and O–H groups in total. The highest BCUT2D eigenvalue weighted by atomic mass is 79.9. The van der Waals surface area contributed by atoms with Gasteiger partial charge >= 0.3 is 5.97 Å². The van der Waals surface area contributed by atoms with Gasteiger partial charge in [-0.3, -0.25) is 20.3 Å². The Labute approximate surface area is 153 Å². The number of nitrogens with zero attached hydrogens (tertiary/aromatic N) is 2. The van der Waals surface area contributed by atoms with Gasteiger partial charge in [0.15, 0.2) is 0 Å². The third-order valence-electron chi connectivity index (χ3n) is 3.19. The summed E-state index contributed by atoms with van der Waals surface area (Å²) in [6.45, 7) is 1.99. The first-order valence-corrected chi connectivity index (χ1v) is 8.28. The highest BCUT2D eigenvalue weighted by molar-refractivity contribution is 9.10. The van der Waals surface area contributed by atoms with Crippen LogP contribution in [-0.4, -0.2) is 23.2 Å². The van der Waals surface area contributed by atoms with Gasteiger partial charge in [-0.1, -0.05) is 46.3 Å². The first-order chi connectivity index (χ1) is 12.0. The Hall–Kier alpha value is -2.74. The number of hydrogen-bond donors (Lipinski definition) is 1. The molecule has 0 aliphatic heterocycles. The van der Waals surface area contributed by atoms with Gasteiger partial charge in [0.1, 0.15) is 5.69 Å². The van der Waals surface area contributed by atoms with Gasteiger partial charge in [-0.15, -0.1) is 0 Å². The molecule has 2 rings (SSSR count). The molecular formula is C17H16BrN3O4. The number of rotatable bonds is 7. The Balaban J connectivity index is 2.33. The summed E-state index contributed by atoms with van der Waals surface area (Å²) in [5, 5.41) is 15.3. The van der Waals surface area contributed by atoms with E-state index in [2.05, 4.69) is 26.5 Å². The molecule has 0 fully saturated rings. The summed E-state index contributed by atoms with van der Waals surface area (Å²) in [6.07, 6.45) is -0.0490. The lowest BCUT2D eigenvalue weighted by atomic mass is 10.1. The van der Waals surface area contributed by atoms with E-state index >= 15 is 0 Å². The van der Waals surface area contributed by atoms with Crippen molar-refractivity contribution < 1.29 is 14.5 Å². The van der Waals surface area contributed by atoms with E-state index in [-0.39, 0.29) is 24.4 Å². The molecule has 7 nitrogen and oxygen atoms in total. The van der Waals surface area contributed by atoms with Crippen molar-refractivity contribution in [2.45, 2.75) is 13.3 Å². The third-order valence-corrected chi connectivity index (χ3v) is 3.68. The molecule has 0 aliphatic rings. The van der Waals surface area contributed by atoms with Crippen LogP contribution in [0.15, 0.2) is 58.1 Å². The second-order valence-corrected chi connectivity index (χ2v) is 5.85. The van der Waals surface area contributed by atoms with Crippen molar-refractivity contribution in [3.8, 4) is 0 Å². The van der Waals surface area contributed by atoms with Gasteiger partial charge in [-0.2, -0.15) is 5.10 Å². The van der Waals surface area contributed by atoms with E-state index in [1.165, 1.54) is 6.07 Å². The van der Waals surface area contributed by atoms with Crippen LogP contribution in [0.4, 0.5) is 11.4 Å². The summed E-state index contributed by atoms with van der Waals surface area (Å²) in [5.41, 5.74) is 3.94. The van der Waals surface area contributed by atoms with Crippen LogP contribution in [0.1, 0.15) is 18.9 Å². The molecule has 8 heteroatoms. The number of hydrogen-bond acceptors (Lipinski definition) is 6.